The number of carbonyl (C=O) groups excluding carboxylic acids is 1. The van der Waals surface area contributed by atoms with E-state index >= 15 is 0 Å². The highest BCUT2D eigenvalue weighted by atomic mass is 35.5. The van der Waals surface area contributed by atoms with E-state index in [2.05, 4.69) is 15.6 Å². The van der Waals surface area contributed by atoms with Crippen LogP contribution in [0.1, 0.15) is 29.4 Å². The first-order valence-electron chi connectivity index (χ1n) is 7.84. The molecule has 1 N–H and O–H groups in total. The van der Waals surface area contributed by atoms with Crippen LogP contribution < -0.4 is 15.0 Å². The predicted octanol–water partition coefficient (Wildman–Crippen LogP) is 2.14. The van der Waals surface area contributed by atoms with E-state index in [4.69, 9.17) is 16.3 Å². The second-order valence-corrected chi connectivity index (χ2v) is 6.16. The first-order valence-corrected chi connectivity index (χ1v) is 8.22. The molecule has 3 rings (SSSR count). The largest absolute Gasteiger partial charge is 0.495 e. The number of piperidine rings is 1. The molecule has 2 aromatic rings. The van der Waals surface area contributed by atoms with Crippen molar-refractivity contribution in [2.45, 2.75) is 18.9 Å². The fourth-order valence-electron chi connectivity index (χ4n) is 2.78. The molecule has 2 heterocycles. The molecule has 0 aliphatic carbocycles. The van der Waals surface area contributed by atoms with Crippen LogP contribution in [0.2, 0.25) is 5.02 Å². The number of amides is 1. The molecule has 1 fully saturated rings. The van der Waals surface area contributed by atoms with Crippen molar-refractivity contribution in [1.29, 1.82) is 0 Å². The van der Waals surface area contributed by atoms with Gasteiger partial charge in [-0.2, -0.15) is 0 Å². The maximum absolute atomic E-state index is 12.6. The van der Waals surface area contributed by atoms with Crippen LogP contribution >= 0.6 is 11.6 Å². The normalized spacial score (nSPS) is 15.3. The average molecular weight is 350 g/mol. The molecule has 0 bridgehead atoms. The minimum Gasteiger partial charge on any atom is -0.495 e. The second-order valence-electron chi connectivity index (χ2n) is 5.75. The van der Waals surface area contributed by atoms with E-state index in [-0.39, 0.29) is 5.91 Å². The van der Waals surface area contributed by atoms with E-state index in [9.17, 15) is 4.79 Å². The van der Waals surface area contributed by atoms with E-state index in [0.717, 1.165) is 25.9 Å². The standard InChI is InChI=1S/C16H20ClN5O2/c1-21(12-3-4-15(24-2)13(17)9-12)16(23)14-10-22(20-19-14)11-5-7-18-8-6-11/h3-4,9-11,18H,5-8H2,1-2H3. The van der Waals surface area contributed by atoms with Gasteiger partial charge in [0.05, 0.1) is 24.4 Å². The van der Waals surface area contributed by atoms with Crippen molar-refractivity contribution >= 4 is 23.2 Å². The van der Waals surface area contributed by atoms with Crippen LogP contribution in [-0.2, 0) is 0 Å². The Kier molecular flexibility index (Phi) is 5.01. The molecular formula is C16H20ClN5O2. The number of benzene rings is 1. The number of carbonyl (C=O) groups is 1. The lowest BCUT2D eigenvalue weighted by atomic mass is 10.1. The number of halogens is 1. The third-order valence-corrected chi connectivity index (χ3v) is 4.53. The van der Waals surface area contributed by atoms with Gasteiger partial charge in [-0.05, 0) is 44.1 Å². The molecule has 24 heavy (non-hydrogen) atoms. The molecule has 0 atom stereocenters. The third kappa shape index (κ3) is 3.37. The minimum atomic E-state index is -0.226. The number of hydrogen-bond donors (Lipinski definition) is 1. The summed E-state index contributed by atoms with van der Waals surface area (Å²) in [6.45, 7) is 1.91. The predicted molar refractivity (Wildman–Crippen MR) is 91.9 cm³/mol. The Morgan fingerprint density at radius 2 is 2.17 bits per heavy atom. The molecule has 0 spiro atoms. The Bertz CT molecular complexity index is 727. The molecule has 1 aromatic heterocycles. The van der Waals surface area contributed by atoms with Crippen molar-refractivity contribution in [2.75, 3.05) is 32.1 Å². The highest BCUT2D eigenvalue weighted by molar-refractivity contribution is 6.32. The summed E-state index contributed by atoms with van der Waals surface area (Å²) >= 11 is 6.13. The SMILES string of the molecule is COc1ccc(N(C)C(=O)c2cn(C3CCNCC3)nn2)cc1Cl. The van der Waals surface area contributed by atoms with Gasteiger partial charge in [-0.25, -0.2) is 4.68 Å². The molecule has 1 aliphatic heterocycles. The number of rotatable bonds is 4. The average Bonchev–Trinajstić information content (AvgIpc) is 3.11. The van der Waals surface area contributed by atoms with Gasteiger partial charge in [0.1, 0.15) is 5.75 Å². The quantitative estimate of drug-likeness (QED) is 0.915. The van der Waals surface area contributed by atoms with Crippen LogP contribution in [0.5, 0.6) is 5.75 Å². The van der Waals surface area contributed by atoms with Crippen molar-refractivity contribution in [1.82, 2.24) is 20.3 Å². The number of aromatic nitrogens is 3. The summed E-state index contributed by atoms with van der Waals surface area (Å²) in [6.07, 6.45) is 3.70. The Hall–Kier alpha value is -2.12. The molecule has 128 valence electrons. The molecule has 8 heteroatoms. The molecule has 1 amide bonds. The van der Waals surface area contributed by atoms with Gasteiger partial charge in [-0.1, -0.05) is 16.8 Å². The third-order valence-electron chi connectivity index (χ3n) is 4.24. The molecule has 0 unspecified atom stereocenters. The minimum absolute atomic E-state index is 0.226. The Morgan fingerprint density at radius 3 is 2.83 bits per heavy atom. The molecular weight excluding hydrogens is 330 g/mol. The van der Waals surface area contributed by atoms with Crippen molar-refractivity contribution in [3.8, 4) is 5.75 Å². The van der Waals surface area contributed by atoms with Gasteiger partial charge in [0, 0.05) is 12.7 Å². The number of ether oxygens (including phenoxy) is 1. The first kappa shape index (κ1) is 16.7. The van der Waals surface area contributed by atoms with Gasteiger partial charge in [0.25, 0.3) is 5.91 Å². The topological polar surface area (TPSA) is 72.3 Å². The maximum atomic E-state index is 12.6. The van der Waals surface area contributed by atoms with Crippen molar-refractivity contribution < 1.29 is 9.53 Å². The lowest BCUT2D eigenvalue weighted by Crippen LogP contribution is -2.29. The summed E-state index contributed by atoms with van der Waals surface area (Å²) < 4.78 is 6.92. The molecule has 0 saturated carbocycles. The first-order chi connectivity index (χ1) is 11.6. The van der Waals surface area contributed by atoms with Crippen LogP contribution in [0.15, 0.2) is 24.4 Å². The van der Waals surface area contributed by atoms with E-state index in [1.165, 1.54) is 4.90 Å². The number of nitrogens with one attached hydrogen (secondary N) is 1. The smallest absolute Gasteiger partial charge is 0.280 e. The highest BCUT2D eigenvalue weighted by Crippen LogP contribution is 2.29. The number of nitrogens with zero attached hydrogens (tertiary/aromatic N) is 4. The van der Waals surface area contributed by atoms with E-state index in [1.807, 2.05) is 0 Å². The van der Waals surface area contributed by atoms with E-state index in [1.54, 1.807) is 43.2 Å². The summed E-state index contributed by atoms with van der Waals surface area (Å²) in [5, 5.41) is 11.9. The van der Waals surface area contributed by atoms with Crippen molar-refractivity contribution in [2.24, 2.45) is 0 Å². The second kappa shape index (κ2) is 7.19. The highest BCUT2D eigenvalue weighted by Gasteiger charge is 2.21. The van der Waals surface area contributed by atoms with Crippen LogP contribution in [0.4, 0.5) is 5.69 Å². The zero-order valence-electron chi connectivity index (χ0n) is 13.7. The number of anilines is 1. The van der Waals surface area contributed by atoms with Crippen LogP contribution in [-0.4, -0.2) is 48.1 Å². The van der Waals surface area contributed by atoms with Crippen molar-refractivity contribution in [3.63, 3.8) is 0 Å². The van der Waals surface area contributed by atoms with E-state index < -0.39 is 0 Å². The molecule has 1 aromatic carbocycles. The summed E-state index contributed by atoms with van der Waals surface area (Å²) in [5.74, 6) is 0.342. The molecule has 0 radical (unpaired) electrons. The van der Waals surface area contributed by atoms with E-state index in [0.29, 0.717) is 28.2 Å². The van der Waals surface area contributed by atoms with Crippen LogP contribution in [0, 0.1) is 0 Å². The lowest BCUT2D eigenvalue weighted by molar-refractivity contribution is 0.0988. The fraction of sp³-hybridized carbons (Fsp3) is 0.438. The lowest BCUT2D eigenvalue weighted by Gasteiger charge is -2.22. The van der Waals surface area contributed by atoms with Gasteiger partial charge in [0.2, 0.25) is 0 Å². The Morgan fingerprint density at radius 1 is 1.42 bits per heavy atom. The Labute approximate surface area is 145 Å². The van der Waals surface area contributed by atoms with Gasteiger partial charge in [-0.15, -0.1) is 5.10 Å². The van der Waals surface area contributed by atoms with Crippen LogP contribution in [0.25, 0.3) is 0 Å². The summed E-state index contributed by atoms with van der Waals surface area (Å²) in [7, 11) is 3.23. The number of hydrogen-bond acceptors (Lipinski definition) is 5. The molecule has 1 aliphatic rings. The van der Waals surface area contributed by atoms with Crippen molar-refractivity contribution in [3.05, 3.63) is 35.1 Å². The fourth-order valence-corrected chi connectivity index (χ4v) is 3.03. The van der Waals surface area contributed by atoms with Gasteiger partial charge < -0.3 is 15.0 Å². The zero-order valence-corrected chi connectivity index (χ0v) is 14.5. The maximum Gasteiger partial charge on any atom is 0.280 e. The summed E-state index contributed by atoms with van der Waals surface area (Å²) in [6, 6.07) is 5.49. The summed E-state index contributed by atoms with van der Waals surface area (Å²) in [4.78, 5) is 14.1. The van der Waals surface area contributed by atoms with Gasteiger partial charge in [0.15, 0.2) is 5.69 Å². The number of methoxy groups -OCH3 is 1. The van der Waals surface area contributed by atoms with Gasteiger partial charge in [-0.3, -0.25) is 4.79 Å². The molecule has 7 nitrogen and oxygen atoms in total. The Balaban J connectivity index is 1.76. The summed E-state index contributed by atoms with van der Waals surface area (Å²) in [5.41, 5.74) is 0.991. The monoisotopic (exact) mass is 349 g/mol. The zero-order chi connectivity index (χ0) is 17.1. The van der Waals surface area contributed by atoms with Gasteiger partial charge >= 0.3 is 0 Å². The van der Waals surface area contributed by atoms with Crippen LogP contribution in [0.3, 0.4) is 0 Å². The molecule has 1 saturated heterocycles.